The van der Waals surface area contributed by atoms with Gasteiger partial charge >= 0.3 is 5.97 Å². The van der Waals surface area contributed by atoms with Crippen LogP contribution in [0.15, 0.2) is 48.5 Å². The third-order valence-corrected chi connectivity index (χ3v) is 4.67. The lowest BCUT2D eigenvalue weighted by Crippen LogP contribution is -2.35. The fourth-order valence-corrected chi connectivity index (χ4v) is 3.07. The monoisotopic (exact) mass is 417 g/mol. The molecule has 3 aromatic rings. The van der Waals surface area contributed by atoms with Crippen LogP contribution in [0.3, 0.4) is 0 Å². The number of aromatic nitrogens is 2. The summed E-state index contributed by atoms with van der Waals surface area (Å²) in [7, 11) is 0. The first-order valence-electron chi connectivity index (χ1n) is 8.78. The number of benzene rings is 2. The summed E-state index contributed by atoms with van der Waals surface area (Å²) in [6.45, 7) is 6.44. The van der Waals surface area contributed by atoms with Gasteiger partial charge in [-0.15, -0.1) is 0 Å². The van der Waals surface area contributed by atoms with Gasteiger partial charge in [-0.05, 0) is 57.2 Å². The van der Waals surface area contributed by atoms with Gasteiger partial charge in [0.1, 0.15) is 0 Å². The minimum atomic E-state index is -1.08. The van der Waals surface area contributed by atoms with Gasteiger partial charge in [-0.2, -0.15) is 5.10 Å². The number of carboxylic acids is 1. The Labute approximate surface area is 173 Å². The molecule has 3 rings (SSSR count). The Kier molecular flexibility index (Phi) is 5.79. The normalized spacial score (nSPS) is 11.6. The Hall–Kier alpha value is -2.34. The van der Waals surface area contributed by atoms with Crippen LogP contribution < -0.4 is 5.32 Å². The summed E-state index contributed by atoms with van der Waals surface area (Å²) in [4.78, 5) is 11.9. The summed E-state index contributed by atoms with van der Waals surface area (Å²) >= 11 is 12.1. The number of nitrogens with zero attached hydrogens (tertiary/aromatic N) is 2. The first-order valence-corrected chi connectivity index (χ1v) is 9.53. The van der Waals surface area contributed by atoms with Gasteiger partial charge in [0.2, 0.25) is 0 Å². The maximum absolute atomic E-state index is 11.9. The molecule has 1 heterocycles. The Balaban J connectivity index is 2.24. The van der Waals surface area contributed by atoms with Crippen molar-refractivity contribution in [2.75, 3.05) is 0 Å². The zero-order chi connectivity index (χ0) is 20.5. The second-order valence-corrected chi connectivity index (χ2v) is 8.35. The lowest BCUT2D eigenvalue weighted by Gasteiger charge is -2.21. The summed E-state index contributed by atoms with van der Waals surface area (Å²) in [5.74, 6) is -1.08. The third-order valence-electron chi connectivity index (χ3n) is 4.17. The van der Waals surface area contributed by atoms with Crippen LogP contribution in [-0.2, 0) is 6.54 Å². The summed E-state index contributed by atoms with van der Waals surface area (Å²) in [5, 5.41) is 18.7. The number of carbonyl (C=O) groups is 1. The minimum absolute atomic E-state index is 0.0108. The van der Waals surface area contributed by atoms with Crippen LogP contribution in [0.4, 0.5) is 0 Å². The summed E-state index contributed by atoms with van der Waals surface area (Å²) in [5.41, 5.74) is 2.68. The van der Waals surface area contributed by atoms with Gasteiger partial charge < -0.3 is 10.4 Å². The Morgan fingerprint density at radius 2 is 1.57 bits per heavy atom. The standard InChI is InChI=1S/C21H21Cl2N3O2/c1-21(2,3)24-12-17-18(20(27)28)25-26(16-10-8-15(23)9-11-16)19(17)13-4-6-14(22)7-5-13/h4-11,24H,12H2,1-3H3,(H,27,28). The van der Waals surface area contributed by atoms with Crippen molar-refractivity contribution in [3.8, 4) is 16.9 Å². The highest BCUT2D eigenvalue weighted by atomic mass is 35.5. The second kappa shape index (κ2) is 7.95. The highest BCUT2D eigenvalue weighted by molar-refractivity contribution is 6.30. The lowest BCUT2D eigenvalue weighted by atomic mass is 10.0. The molecule has 0 bridgehead atoms. The number of rotatable bonds is 5. The van der Waals surface area contributed by atoms with E-state index in [1.54, 1.807) is 41.1 Å². The molecule has 0 aliphatic carbocycles. The molecule has 0 amide bonds. The van der Waals surface area contributed by atoms with Crippen molar-refractivity contribution >= 4 is 29.2 Å². The fourth-order valence-electron chi connectivity index (χ4n) is 2.82. The molecule has 2 aromatic carbocycles. The number of aromatic carboxylic acids is 1. The number of carboxylic acid groups (broad SMARTS) is 1. The second-order valence-electron chi connectivity index (χ2n) is 7.48. The van der Waals surface area contributed by atoms with E-state index in [0.717, 1.165) is 11.3 Å². The molecule has 0 aliphatic rings. The largest absolute Gasteiger partial charge is 0.476 e. The molecule has 0 saturated carbocycles. The van der Waals surface area contributed by atoms with Crippen molar-refractivity contribution in [1.29, 1.82) is 0 Å². The van der Waals surface area contributed by atoms with E-state index in [1.807, 2.05) is 32.9 Å². The molecular formula is C21H21Cl2N3O2. The van der Waals surface area contributed by atoms with Crippen molar-refractivity contribution < 1.29 is 9.90 Å². The minimum Gasteiger partial charge on any atom is -0.476 e. The van der Waals surface area contributed by atoms with Crippen LogP contribution in [0.1, 0.15) is 36.8 Å². The van der Waals surface area contributed by atoms with E-state index in [0.29, 0.717) is 27.8 Å². The van der Waals surface area contributed by atoms with E-state index < -0.39 is 5.97 Å². The smallest absolute Gasteiger partial charge is 0.356 e. The average Bonchev–Trinajstić information content (AvgIpc) is 3.00. The van der Waals surface area contributed by atoms with Crippen LogP contribution in [-0.4, -0.2) is 26.4 Å². The van der Waals surface area contributed by atoms with Gasteiger partial charge in [0.15, 0.2) is 5.69 Å². The van der Waals surface area contributed by atoms with E-state index >= 15 is 0 Å². The maximum atomic E-state index is 11.9. The quantitative estimate of drug-likeness (QED) is 0.580. The Morgan fingerprint density at radius 3 is 2.07 bits per heavy atom. The number of hydrogen-bond acceptors (Lipinski definition) is 3. The zero-order valence-corrected chi connectivity index (χ0v) is 17.3. The van der Waals surface area contributed by atoms with Crippen molar-refractivity contribution in [3.05, 3.63) is 69.8 Å². The predicted octanol–water partition coefficient (Wildman–Crippen LogP) is 5.43. The highest BCUT2D eigenvalue weighted by Crippen LogP contribution is 2.31. The molecule has 0 radical (unpaired) electrons. The van der Waals surface area contributed by atoms with Crippen molar-refractivity contribution in [2.24, 2.45) is 0 Å². The van der Waals surface area contributed by atoms with Gasteiger partial charge in [-0.1, -0.05) is 35.3 Å². The summed E-state index contributed by atoms with van der Waals surface area (Å²) in [6, 6.07) is 14.4. The van der Waals surface area contributed by atoms with Crippen LogP contribution in [0.2, 0.25) is 10.0 Å². The molecule has 0 atom stereocenters. The molecule has 0 spiro atoms. The summed E-state index contributed by atoms with van der Waals surface area (Å²) in [6.07, 6.45) is 0. The first-order chi connectivity index (χ1) is 13.2. The molecule has 0 unspecified atom stereocenters. The van der Waals surface area contributed by atoms with E-state index in [2.05, 4.69) is 10.4 Å². The van der Waals surface area contributed by atoms with Crippen LogP contribution in [0, 0.1) is 0 Å². The molecule has 7 heteroatoms. The zero-order valence-electron chi connectivity index (χ0n) is 15.8. The highest BCUT2D eigenvalue weighted by Gasteiger charge is 2.25. The van der Waals surface area contributed by atoms with Gasteiger partial charge in [0.05, 0.1) is 11.4 Å². The molecule has 2 N–H and O–H groups in total. The van der Waals surface area contributed by atoms with Crippen LogP contribution >= 0.6 is 23.2 Å². The molecule has 1 aromatic heterocycles. The van der Waals surface area contributed by atoms with Gasteiger partial charge in [0.25, 0.3) is 0 Å². The topological polar surface area (TPSA) is 67.2 Å². The average molecular weight is 418 g/mol. The van der Waals surface area contributed by atoms with Crippen LogP contribution in [0.25, 0.3) is 16.9 Å². The molecule has 146 valence electrons. The Morgan fingerprint density at radius 1 is 1.04 bits per heavy atom. The maximum Gasteiger partial charge on any atom is 0.356 e. The number of halogens is 2. The molecule has 0 saturated heterocycles. The van der Waals surface area contributed by atoms with Crippen molar-refractivity contribution in [1.82, 2.24) is 15.1 Å². The van der Waals surface area contributed by atoms with Gasteiger partial charge in [-0.3, -0.25) is 0 Å². The lowest BCUT2D eigenvalue weighted by molar-refractivity contribution is 0.0688. The van der Waals surface area contributed by atoms with E-state index in [-0.39, 0.29) is 11.2 Å². The van der Waals surface area contributed by atoms with Crippen molar-refractivity contribution in [3.63, 3.8) is 0 Å². The molecular weight excluding hydrogens is 397 g/mol. The fraction of sp³-hybridized carbons (Fsp3) is 0.238. The van der Waals surface area contributed by atoms with Gasteiger partial charge in [-0.25, -0.2) is 9.48 Å². The first kappa shape index (κ1) is 20.4. The molecule has 0 aliphatic heterocycles. The van der Waals surface area contributed by atoms with Gasteiger partial charge in [0, 0.05) is 33.3 Å². The SMILES string of the molecule is CC(C)(C)NCc1c(C(=O)O)nn(-c2ccc(Cl)cc2)c1-c1ccc(Cl)cc1. The molecule has 0 fully saturated rings. The molecule has 5 nitrogen and oxygen atoms in total. The van der Waals surface area contributed by atoms with E-state index in [9.17, 15) is 9.90 Å². The molecule has 28 heavy (non-hydrogen) atoms. The predicted molar refractivity (Wildman–Crippen MR) is 113 cm³/mol. The van der Waals surface area contributed by atoms with E-state index in [1.165, 1.54) is 0 Å². The summed E-state index contributed by atoms with van der Waals surface area (Å²) < 4.78 is 1.64. The Bertz CT molecular complexity index is 988. The third kappa shape index (κ3) is 4.55. The van der Waals surface area contributed by atoms with E-state index in [4.69, 9.17) is 23.2 Å². The van der Waals surface area contributed by atoms with Crippen LogP contribution in [0.5, 0.6) is 0 Å². The van der Waals surface area contributed by atoms with Crippen molar-refractivity contribution in [2.45, 2.75) is 32.9 Å². The number of nitrogens with one attached hydrogen (secondary N) is 1. The number of hydrogen-bond donors (Lipinski definition) is 2.